The molecule has 3 aromatic rings. The number of methoxy groups -OCH3 is 3. The fourth-order valence-corrected chi connectivity index (χ4v) is 3.62. The molecule has 196 valence electrons. The third-order valence-corrected chi connectivity index (χ3v) is 5.51. The van der Waals surface area contributed by atoms with Crippen molar-refractivity contribution >= 4 is 17.8 Å². The van der Waals surface area contributed by atoms with Gasteiger partial charge in [-0.3, -0.25) is 9.59 Å². The Balaban J connectivity index is 1.55. The molecule has 3 N–H and O–H groups in total. The van der Waals surface area contributed by atoms with Crippen LogP contribution in [0, 0.1) is 0 Å². The molecule has 0 fully saturated rings. The average Bonchev–Trinajstić information content (AvgIpc) is 3.39. The number of rotatable bonds is 13. The van der Waals surface area contributed by atoms with E-state index in [2.05, 4.69) is 20.9 Å². The van der Waals surface area contributed by atoms with Crippen LogP contribution in [-0.4, -0.2) is 71.8 Å². The van der Waals surface area contributed by atoms with Gasteiger partial charge in [-0.2, -0.15) is 0 Å². The standard InChI is InChI=1S/C25H29N5O7/c1-35-20-12-10-17(21(36-2)22(20)37-3)23(31)26-13-14-30-15-19(28-29-30)24(32)27-18(25(33)34)11-9-16-7-5-4-6-8-16/h4-8,10,12,15,18H,9,11,13-14H2,1-3H3,(H,26,31)(H,27,32)(H,33,34). The van der Waals surface area contributed by atoms with Crippen LogP contribution in [0.15, 0.2) is 48.7 Å². The molecule has 0 aliphatic carbocycles. The van der Waals surface area contributed by atoms with E-state index in [0.717, 1.165) is 5.56 Å². The van der Waals surface area contributed by atoms with Crippen LogP contribution in [-0.2, 0) is 17.8 Å². The molecule has 0 radical (unpaired) electrons. The van der Waals surface area contributed by atoms with Crippen LogP contribution in [0.2, 0.25) is 0 Å². The first kappa shape index (κ1) is 27.0. The van der Waals surface area contributed by atoms with Crippen LogP contribution < -0.4 is 24.8 Å². The number of aryl methyl sites for hydroxylation is 1. The Hall–Kier alpha value is -4.61. The van der Waals surface area contributed by atoms with E-state index in [1.54, 1.807) is 12.1 Å². The number of benzene rings is 2. The number of nitrogens with one attached hydrogen (secondary N) is 2. The number of hydrogen-bond donors (Lipinski definition) is 3. The fourth-order valence-electron chi connectivity index (χ4n) is 3.62. The molecule has 1 heterocycles. The monoisotopic (exact) mass is 511 g/mol. The number of amides is 2. The molecule has 1 atom stereocenters. The van der Waals surface area contributed by atoms with Gasteiger partial charge in [-0.1, -0.05) is 35.5 Å². The Bertz CT molecular complexity index is 1230. The predicted octanol–water partition coefficient (Wildman–Crippen LogP) is 1.55. The molecule has 12 nitrogen and oxygen atoms in total. The highest BCUT2D eigenvalue weighted by Gasteiger charge is 2.23. The number of ether oxygens (including phenoxy) is 3. The maximum absolute atomic E-state index is 12.7. The van der Waals surface area contributed by atoms with Gasteiger partial charge in [-0.05, 0) is 30.5 Å². The minimum absolute atomic E-state index is 0.0288. The number of carboxylic acid groups (broad SMARTS) is 1. The van der Waals surface area contributed by atoms with E-state index < -0.39 is 23.8 Å². The summed E-state index contributed by atoms with van der Waals surface area (Å²) in [4.78, 5) is 36.8. The molecule has 1 aromatic heterocycles. The largest absolute Gasteiger partial charge is 0.493 e. The quantitative estimate of drug-likeness (QED) is 0.310. The van der Waals surface area contributed by atoms with Gasteiger partial charge in [0.25, 0.3) is 11.8 Å². The van der Waals surface area contributed by atoms with Crippen LogP contribution >= 0.6 is 0 Å². The van der Waals surface area contributed by atoms with Crippen molar-refractivity contribution in [2.45, 2.75) is 25.4 Å². The van der Waals surface area contributed by atoms with Gasteiger partial charge in [0.2, 0.25) is 5.75 Å². The summed E-state index contributed by atoms with van der Waals surface area (Å²) in [5.41, 5.74) is 1.20. The van der Waals surface area contributed by atoms with Gasteiger partial charge in [-0.15, -0.1) is 5.10 Å². The van der Waals surface area contributed by atoms with E-state index in [4.69, 9.17) is 14.2 Å². The Morgan fingerprint density at radius 3 is 2.35 bits per heavy atom. The third kappa shape index (κ3) is 6.97. The third-order valence-electron chi connectivity index (χ3n) is 5.51. The lowest BCUT2D eigenvalue weighted by molar-refractivity contribution is -0.139. The molecule has 0 aliphatic rings. The highest BCUT2D eigenvalue weighted by Crippen LogP contribution is 2.39. The van der Waals surface area contributed by atoms with E-state index in [0.29, 0.717) is 17.9 Å². The van der Waals surface area contributed by atoms with Crippen molar-refractivity contribution in [3.8, 4) is 17.2 Å². The highest BCUT2D eigenvalue weighted by molar-refractivity contribution is 5.98. The molecular formula is C25H29N5O7. The molecule has 0 saturated heterocycles. The minimum Gasteiger partial charge on any atom is -0.493 e. The smallest absolute Gasteiger partial charge is 0.326 e. The Morgan fingerprint density at radius 2 is 1.70 bits per heavy atom. The van der Waals surface area contributed by atoms with Gasteiger partial charge < -0.3 is 30.0 Å². The highest BCUT2D eigenvalue weighted by atomic mass is 16.5. The molecule has 3 rings (SSSR count). The molecule has 1 unspecified atom stereocenters. The lowest BCUT2D eigenvalue weighted by atomic mass is 10.1. The van der Waals surface area contributed by atoms with E-state index in [1.807, 2.05) is 30.3 Å². The summed E-state index contributed by atoms with van der Waals surface area (Å²) in [6.45, 7) is 0.396. The van der Waals surface area contributed by atoms with Crippen LogP contribution in [0.4, 0.5) is 0 Å². The number of nitrogens with zero attached hydrogens (tertiary/aromatic N) is 3. The number of aliphatic carboxylic acids is 1. The second-order valence-electron chi connectivity index (χ2n) is 7.89. The maximum atomic E-state index is 12.7. The minimum atomic E-state index is -1.13. The second-order valence-corrected chi connectivity index (χ2v) is 7.89. The summed E-state index contributed by atoms with van der Waals surface area (Å²) in [7, 11) is 4.35. The number of carboxylic acids is 1. The molecule has 12 heteroatoms. The molecule has 0 aliphatic heterocycles. The van der Waals surface area contributed by atoms with Crippen molar-refractivity contribution in [1.82, 2.24) is 25.6 Å². The summed E-state index contributed by atoms with van der Waals surface area (Å²) in [6, 6.07) is 11.5. The van der Waals surface area contributed by atoms with Crippen LogP contribution in [0.5, 0.6) is 17.2 Å². The molecule has 2 aromatic carbocycles. The molecular weight excluding hydrogens is 482 g/mol. The van der Waals surface area contributed by atoms with Gasteiger partial charge in [0.05, 0.1) is 39.6 Å². The normalized spacial score (nSPS) is 11.3. The van der Waals surface area contributed by atoms with Gasteiger partial charge in [0.1, 0.15) is 6.04 Å². The second kappa shape index (κ2) is 12.9. The first-order valence-corrected chi connectivity index (χ1v) is 11.4. The summed E-state index contributed by atoms with van der Waals surface area (Å²) < 4.78 is 17.2. The van der Waals surface area contributed by atoms with E-state index >= 15 is 0 Å². The summed E-state index contributed by atoms with van der Waals surface area (Å²) in [6.07, 6.45) is 2.11. The zero-order chi connectivity index (χ0) is 26.8. The average molecular weight is 512 g/mol. The van der Waals surface area contributed by atoms with E-state index in [-0.39, 0.29) is 36.5 Å². The molecule has 0 saturated carbocycles. The van der Waals surface area contributed by atoms with Crippen molar-refractivity contribution in [3.63, 3.8) is 0 Å². The number of aromatic nitrogens is 3. The maximum Gasteiger partial charge on any atom is 0.326 e. The first-order valence-electron chi connectivity index (χ1n) is 11.4. The SMILES string of the molecule is COc1ccc(C(=O)NCCn2cc(C(=O)NC(CCc3ccccc3)C(=O)O)nn2)c(OC)c1OC. The Morgan fingerprint density at radius 1 is 0.973 bits per heavy atom. The lowest BCUT2D eigenvalue weighted by Crippen LogP contribution is -2.41. The van der Waals surface area contributed by atoms with Gasteiger partial charge in [0, 0.05) is 6.54 Å². The summed E-state index contributed by atoms with van der Waals surface area (Å²) >= 11 is 0. The number of carbonyl (C=O) groups excluding carboxylic acids is 2. The first-order chi connectivity index (χ1) is 17.9. The van der Waals surface area contributed by atoms with Crippen molar-refractivity contribution < 1.29 is 33.7 Å². The zero-order valence-corrected chi connectivity index (χ0v) is 20.8. The topological polar surface area (TPSA) is 154 Å². The predicted molar refractivity (Wildman–Crippen MR) is 132 cm³/mol. The van der Waals surface area contributed by atoms with Crippen molar-refractivity contribution in [2.24, 2.45) is 0 Å². The fraction of sp³-hybridized carbons (Fsp3) is 0.320. The van der Waals surface area contributed by atoms with Crippen LogP contribution in [0.25, 0.3) is 0 Å². The summed E-state index contributed by atoms with van der Waals surface area (Å²) in [5, 5.41) is 22.4. The van der Waals surface area contributed by atoms with Gasteiger partial charge >= 0.3 is 5.97 Å². The molecule has 0 bridgehead atoms. The van der Waals surface area contributed by atoms with Crippen LogP contribution in [0.3, 0.4) is 0 Å². The van der Waals surface area contributed by atoms with Crippen molar-refractivity contribution in [1.29, 1.82) is 0 Å². The van der Waals surface area contributed by atoms with Gasteiger partial charge in [0.15, 0.2) is 17.2 Å². The van der Waals surface area contributed by atoms with Gasteiger partial charge in [-0.25, -0.2) is 9.48 Å². The number of carbonyl (C=O) groups is 3. The Kier molecular flexibility index (Phi) is 9.41. The van der Waals surface area contributed by atoms with Crippen LogP contribution in [0.1, 0.15) is 32.8 Å². The van der Waals surface area contributed by atoms with E-state index in [1.165, 1.54) is 32.2 Å². The van der Waals surface area contributed by atoms with Crippen molar-refractivity contribution in [3.05, 3.63) is 65.5 Å². The Labute approximate surface area is 213 Å². The molecule has 0 spiro atoms. The lowest BCUT2D eigenvalue weighted by Gasteiger charge is -2.15. The number of hydrogen-bond acceptors (Lipinski definition) is 8. The zero-order valence-electron chi connectivity index (χ0n) is 20.8. The molecule has 2 amide bonds. The molecule has 37 heavy (non-hydrogen) atoms. The summed E-state index contributed by atoms with van der Waals surface area (Å²) in [5.74, 6) is -1.23. The van der Waals surface area contributed by atoms with Crippen molar-refractivity contribution in [2.75, 3.05) is 27.9 Å². The van der Waals surface area contributed by atoms with E-state index in [9.17, 15) is 19.5 Å².